The van der Waals surface area contributed by atoms with E-state index in [9.17, 15) is 5.11 Å². The maximum Gasteiger partial charge on any atom is 0.254 e. The van der Waals surface area contributed by atoms with E-state index in [1.807, 2.05) is 10.9 Å². The van der Waals surface area contributed by atoms with Crippen LogP contribution in [0.25, 0.3) is 10.5 Å². The standard InChI is InChI=1S/C23H29N3O/c1-22-10-8-16(27)12-15(22)4-5-17-18-6-7-20(23(18,2)11-9-19(17)22)26-14-25-13-21(26)24-3/h4,7,13-14,16-19,27H,5-6,8-12H2,1-2H3/t16-,17-,18-,19-,22-,23-/m0/s1. The van der Waals surface area contributed by atoms with E-state index in [1.54, 1.807) is 6.20 Å². The van der Waals surface area contributed by atoms with E-state index in [4.69, 9.17) is 6.57 Å². The molecule has 0 amide bonds. The molecule has 2 saturated carbocycles. The zero-order valence-electron chi connectivity index (χ0n) is 16.4. The van der Waals surface area contributed by atoms with Crippen molar-refractivity contribution in [2.24, 2.45) is 28.6 Å². The van der Waals surface area contributed by atoms with E-state index in [-0.39, 0.29) is 16.9 Å². The van der Waals surface area contributed by atoms with Gasteiger partial charge >= 0.3 is 0 Å². The first-order chi connectivity index (χ1) is 13.0. The van der Waals surface area contributed by atoms with Gasteiger partial charge in [-0.15, -0.1) is 0 Å². The average molecular weight is 364 g/mol. The molecule has 27 heavy (non-hydrogen) atoms. The van der Waals surface area contributed by atoms with Gasteiger partial charge in [0.05, 0.1) is 18.0 Å². The molecule has 4 aliphatic carbocycles. The van der Waals surface area contributed by atoms with E-state index in [1.165, 1.54) is 24.1 Å². The van der Waals surface area contributed by atoms with Crippen LogP contribution >= 0.6 is 0 Å². The summed E-state index contributed by atoms with van der Waals surface area (Å²) in [6.07, 6.45) is 15.9. The molecule has 0 saturated heterocycles. The van der Waals surface area contributed by atoms with Gasteiger partial charge < -0.3 is 9.95 Å². The molecule has 0 spiro atoms. The van der Waals surface area contributed by atoms with E-state index in [2.05, 4.69) is 35.8 Å². The minimum atomic E-state index is -0.136. The van der Waals surface area contributed by atoms with Crippen LogP contribution in [0.2, 0.25) is 0 Å². The first-order valence-corrected chi connectivity index (χ1v) is 10.5. The van der Waals surface area contributed by atoms with Crippen molar-refractivity contribution in [1.29, 1.82) is 0 Å². The largest absolute Gasteiger partial charge is 0.393 e. The van der Waals surface area contributed by atoms with Gasteiger partial charge in [0.1, 0.15) is 0 Å². The topological polar surface area (TPSA) is 42.4 Å². The van der Waals surface area contributed by atoms with Gasteiger partial charge in [-0.05, 0) is 74.2 Å². The van der Waals surface area contributed by atoms with Crippen LogP contribution in [0.15, 0.2) is 30.2 Å². The smallest absolute Gasteiger partial charge is 0.254 e. The minimum absolute atomic E-state index is 0.136. The second kappa shape index (κ2) is 5.82. The number of hydrogen-bond donors (Lipinski definition) is 1. The number of aromatic nitrogens is 2. The third-order valence-electron chi connectivity index (χ3n) is 8.61. The van der Waals surface area contributed by atoms with Crippen LogP contribution in [0.1, 0.15) is 58.8 Å². The second-order valence-electron chi connectivity index (χ2n) is 9.67. The summed E-state index contributed by atoms with van der Waals surface area (Å²) in [6, 6.07) is 0. The predicted molar refractivity (Wildman–Crippen MR) is 106 cm³/mol. The number of rotatable bonds is 1. The van der Waals surface area contributed by atoms with Crippen LogP contribution in [0.4, 0.5) is 5.82 Å². The van der Waals surface area contributed by atoms with E-state index < -0.39 is 0 Å². The number of nitrogens with zero attached hydrogens (tertiary/aromatic N) is 3. The molecule has 0 radical (unpaired) electrons. The molecule has 0 aliphatic heterocycles. The van der Waals surface area contributed by atoms with Gasteiger partial charge in [-0.3, -0.25) is 4.57 Å². The van der Waals surface area contributed by atoms with Gasteiger partial charge in [-0.2, -0.15) is 0 Å². The van der Waals surface area contributed by atoms with Gasteiger partial charge in [0.25, 0.3) is 5.82 Å². The molecule has 1 heterocycles. The molecular formula is C23H29N3O. The van der Waals surface area contributed by atoms with Crippen molar-refractivity contribution in [3.63, 3.8) is 0 Å². The SMILES string of the molecule is [C-]#[N+]c1cncn1C1=CC[C@H]2[C@@H]3CC=C4C[C@@H](O)CC[C@]4(C)[C@H]3CC[C@]12C. The number of imidazole rings is 1. The Morgan fingerprint density at radius 1 is 1.15 bits per heavy atom. The van der Waals surface area contributed by atoms with Gasteiger partial charge in [0.2, 0.25) is 0 Å². The normalized spacial score (nSPS) is 43.0. The third kappa shape index (κ3) is 2.27. The van der Waals surface area contributed by atoms with E-state index >= 15 is 0 Å². The van der Waals surface area contributed by atoms with Crippen LogP contribution < -0.4 is 0 Å². The van der Waals surface area contributed by atoms with Crippen molar-refractivity contribution in [3.05, 3.63) is 41.7 Å². The van der Waals surface area contributed by atoms with Crippen molar-refractivity contribution in [2.45, 2.75) is 64.9 Å². The van der Waals surface area contributed by atoms with E-state index in [0.717, 1.165) is 38.0 Å². The summed E-state index contributed by atoms with van der Waals surface area (Å²) in [5.41, 5.74) is 3.25. The number of hydrogen-bond acceptors (Lipinski definition) is 2. The van der Waals surface area contributed by atoms with Crippen LogP contribution in [0.5, 0.6) is 0 Å². The summed E-state index contributed by atoms with van der Waals surface area (Å²) < 4.78 is 2.04. The van der Waals surface area contributed by atoms with Gasteiger partial charge in [-0.25, -0.2) is 4.98 Å². The fourth-order valence-corrected chi connectivity index (χ4v) is 7.12. The lowest BCUT2D eigenvalue weighted by Crippen LogP contribution is -2.50. The van der Waals surface area contributed by atoms with Crippen LogP contribution in [0.3, 0.4) is 0 Å². The number of aliphatic hydroxyl groups excluding tert-OH is 1. The summed E-state index contributed by atoms with van der Waals surface area (Å²) in [7, 11) is 0. The number of allylic oxidation sites excluding steroid dienone is 3. The molecule has 4 nitrogen and oxygen atoms in total. The Hall–Kier alpha value is -1.86. The van der Waals surface area contributed by atoms with Crippen molar-refractivity contribution < 1.29 is 5.11 Å². The minimum Gasteiger partial charge on any atom is -0.393 e. The van der Waals surface area contributed by atoms with Crippen molar-refractivity contribution >= 4 is 11.5 Å². The first kappa shape index (κ1) is 17.3. The van der Waals surface area contributed by atoms with Crippen molar-refractivity contribution in [3.8, 4) is 0 Å². The summed E-state index contributed by atoms with van der Waals surface area (Å²) >= 11 is 0. The highest BCUT2D eigenvalue weighted by molar-refractivity contribution is 5.62. The average Bonchev–Trinajstić information content (AvgIpc) is 3.25. The van der Waals surface area contributed by atoms with Crippen molar-refractivity contribution in [2.75, 3.05) is 0 Å². The molecule has 142 valence electrons. The fourth-order valence-electron chi connectivity index (χ4n) is 7.12. The maximum absolute atomic E-state index is 10.2. The zero-order valence-corrected chi connectivity index (χ0v) is 16.4. The molecule has 1 aromatic rings. The molecule has 0 bridgehead atoms. The maximum atomic E-state index is 10.2. The lowest BCUT2D eigenvalue weighted by molar-refractivity contribution is -0.0249. The van der Waals surface area contributed by atoms with Gasteiger partial charge in [0.15, 0.2) is 6.33 Å². The quantitative estimate of drug-likeness (QED) is 0.550. The highest BCUT2D eigenvalue weighted by atomic mass is 16.3. The number of fused-ring (bicyclic) bond motifs is 5. The third-order valence-corrected chi connectivity index (χ3v) is 8.61. The predicted octanol–water partition coefficient (Wildman–Crippen LogP) is 5.21. The van der Waals surface area contributed by atoms with Crippen molar-refractivity contribution in [1.82, 2.24) is 9.55 Å². The highest BCUT2D eigenvalue weighted by Gasteiger charge is 2.57. The Kier molecular flexibility index (Phi) is 3.72. The molecule has 0 unspecified atom stereocenters. The monoisotopic (exact) mass is 363 g/mol. The molecule has 5 rings (SSSR count). The summed E-state index contributed by atoms with van der Waals surface area (Å²) in [5, 5.41) is 10.2. The molecule has 1 aromatic heterocycles. The Morgan fingerprint density at radius 3 is 2.78 bits per heavy atom. The summed E-state index contributed by atoms with van der Waals surface area (Å²) in [5.74, 6) is 2.72. The first-order valence-electron chi connectivity index (χ1n) is 10.5. The summed E-state index contributed by atoms with van der Waals surface area (Å²) in [6.45, 7) is 12.4. The Labute approximate surface area is 161 Å². The molecule has 4 aliphatic rings. The van der Waals surface area contributed by atoms with E-state index in [0.29, 0.717) is 17.7 Å². The lowest BCUT2D eigenvalue weighted by Gasteiger charge is -2.57. The molecule has 6 atom stereocenters. The Bertz CT molecular complexity index is 874. The van der Waals surface area contributed by atoms with Crippen LogP contribution in [0, 0.1) is 35.2 Å². The second-order valence-corrected chi connectivity index (χ2v) is 9.67. The van der Waals surface area contributed by atoms with Crippen LogP contribution in [-0.4, -0.2) is 20.8 Å². The molecule has 0 aromatic carbocycles. The molecule has 4 heteroatoms. The van der Waals surface area contributed by atoms with Crippen LogP contribution in [-0.2, 0) is 0 Å². The Morgan fingerprint density at radius 2 is 1.96 bits per heavy atom. The molecule has 1 N–H and O–H groups in total. The molecule has 2 fully saturated rings. The Balaban J connectivity index is 1.49. The summed E-state index contributed by atoms with van der Waals surface area (Å²) in [4.78, 5) is 7.91. The fraction of sp³-hybridized carbons (Fsp3) is 0.652. The lowest BCUT2D eigenvalue weighted by atomic mass is 9.48. The highest BCUT2D eigenvalue weighted by Crippen LogP contribution is 2.65. The zero-order chi connectivity index (χ0) is 18.8. The molecular weight excluding hydrogens is 334 g/mol. The number of aliphatic hydroxyl groups is 1. The van der Waals surface area contributed by atoms with Gasteiger partial charge in [-0.1, -0.05) is 32.1 Å². The van der Waals surface area contributed by atoms with Gasteiger partial charge in [0, 0.05) is 5.41 Å².